The molecule has 0 fully saturated rings. The maximum atomic E-state index is 13.6. The van der Waals surface area contributed by atoms with Gasteiger partial charge in [0.15, 0.2) is 0 Å². The van der Waals surface area contributed by atoms with Crippen molar-refractivity contribution in [3.63, 3.8) is 0 Å². The van der Waals surface area contributed by atoms with E-state index < -0.39 is 6.04 Å². The maximum absolute atomic E-state index is 13.6. The highest BCUT2D eigenvalue weighted by atomic mass is 35.5. The molecule has 3 rings (SSSR count). The average molecular weight is 495 g/mol. The molecule has 2 unspecified atom stereocenters. The molecule has 34 heavy (non-hydrogen) atoms. The molecule has 0 saturated carbocycles. The molecule has 2 amide bonds. The lowest BCUT2D eigenvalue weighted by atomic mass is 10.0. The highest BCUT2D eigenvalue weighted by molar-refractivity contribution is 8.00. The van der Waals surface area contributed by atoms with Gasteiger partial charge in [-0.2, -0.15) is 0 Å². The van der Waals surface area contributed by atoms with Crippen molar-refractivity contribution in [3.05, 3.63) is 101 Å². The highest BCUT2D eigenvalue weighted by Gasteiger charge is 2.30. The second-order valence-corrected chi connectivity index (χ2v) is 9.76. The van der Waals surface area contributed by atoms with Crippen LogP contribution in [0.5, 0.6) is 0 Å². The van der Waals surface area contributed by atoms with E-state index in [0.717, 1.165) is 22.4 Å². The number of nitrogens with zero attached hydrogens (tertiary/aromatic N) is 1. The molecule has 6 heteroatoms. The predicted molar refractivity (Wildman–Crippen MR) is 141 cm³/mol. The van der Waals surface area contributed by atoms with Crippen LogP contribution in [0.25, 0.3) is 0 Å². The summed E-state index contributed by atoms with van der Waals surface area (Å²) >= 11 is 7.55. The number of hydrogen-bond acceptors (Lipinski definition) is 3. The van der Waals surface area contributed by atoms with E-state index in [2.05, 4.69) is 5.32 Å². The average Bonchev–Trinajstić information content (AvgIpc) is 2.87. The lowest BCUT2D eigenvalue weighted by Crippen LogP contribution is -2.52. The third-order valence-electron chi connectivity index (χ3n) is 5.64. The van der Waals surface area contributed by atoms with Crippen LogP contribution < -0.4 is 5.32 Å². The van der Waals surface area contributed by atoms with Crippen molar-refractivity contribution < 1.29 is 9.59 Å². The summed E-state index contributed by atoms with van der Waals surface area (Å²) in [6.45, 7) is 4.34. The second kappa shape index (κ2) is 13.2. The summed E-state index contributed by atoms with van der Waals surface area (Å²) in [5.41, 5.74) is 1.94. The molecule has 2 atom stereocenters. The van der Waals surface area contributed by atoms with Gasteiger partial charge < -0.3 is 10.2 Å². The second-order valence-electron chi connectivity index (χ2n) is 8.27. The smallest absolute Gasteiger partial charge is 0.243 e. The number of benzene rings is 3. The summed E-state index contributed by atoms with van der Waals surface area (Å²) in [5.74, 6) is 0.0359. The van der Waals surface area contributed by atoms with Gasteiger partial charge in [0.1, 0.15) is 6.04 Å². The normalized spacial score (nSPS) is 12.6. The zero-order valence-electron chi connectivity index (χ0n) is 19.6. The van der Waals surface area contributed by atoms with E-state index in [1.807, 2.05) is 98.8 Å². The first-order chi connectivity index (χ1) is 16.5. The molecule has 1 N–H and O–H groups in total. The van der Waals surface area contributed by atoms with Crippen LogP contribution in [-0.4, -0.2) is 34.6 Å². The minimum absolute atomic E-state index is 0.0250. The molecule has 0 aromatic heterocycles. The summed E-state index contributed by atoms with van der Waals surface area (Å²) in [6, 6.07) is 26.5. The summed E-state index contributed by atoms with van der Waals surface area (Å²) in [5, 5.41) is 3.73. The van der Waals surface area contributed by atoms with Crippen molar-refractivity contribution in [3.8, 4) is 0 Å². The van der Waals surface area contributed by atoms with Crippen LogP contribution in [0.2, 0.25) is 5.02 Å². The number of halogens is 1. The number of nitrogens with one attached hydrogen (secondary N) is 1. The standard InChI is InChI=1S/C28H31ClN2O2S/c1-3-21(2)30-28(33)26(18-22-10-6-4-7-11-22)31(19-23-14-16-24(29)17-15-23)27(32)20-34-25-12-8-5-9-13-25/h4-17,21,26H,3,18-20H2,1-2H3,(H,30,33). The fraction of sp³-hybridized carbons (Fsp3) is 0.286. The van der Waals surface area contributed by atoms with Crippen molar-refractivity contribution in [1.82, 2.24) is 10.2 Å². The third kappa shape index (κ3) is 7.93. The van der Waals surface area contributed by atoms with E-state index in [-0.39, 0.29) is 23.6 Å². The van der Waals surface area contributed by atoms with E-state index in [1.165, 1.54) is 11.8 Å². The molecule has 0 heterocycles. The summed E-state index contributed by atoms with van der Waals surface area (Å²) < 4.78 is 0. The molecular weight excluding hydrogens is 464 g/mol. The maximum Gasteiger partial charge on any atom is 0.243 e. The van der Waals surface area contributed by atoms with Crippen molar-refractivity contribution in [2.45, 2.75) is 50.2 Å². The van der Waals surface area contributed by atoms with Crippen LogP contribution in [0.4, 0.5) is 0 Å². The van der Waals surface area contributed by atoms with E-state index in [9.17, 15) is 9.59 Å². The van der Waals surface area contributed by atoms with Crippen LogP contribution >= 0.6 is 23.4 Å². The van der Waals surface area contributed by atoms with Crippen LogP contribution in [0.3, 0.4) is 0 Å². The molecular formula is C28H31ClN2O2S. The van der Waals surface area contributed by atoms with Gasteiger partial charge in [0.2, 0.25) is 11.8 Å². The van der Waals surface area contributed by atoms with Gasteiger partial charge in [-0.05, 0) is 48.7 Å². The molecule has 0 spiro atoms. The quantitative estimate of drug-likeness (QED) is 0.333. The Morgan fingerprint density at radius 3 is 2.15 bits per heavy atom. The number of rotatable bonds is 11. The fourth-order valence-corrected chi connectivity index (χ4v) is 4.46. The first-order valence-electron chi connectivity index (χ1n) is 11.5. The molecule has 0 aliphatic heterocycles. The topological polar surface area (TPSA) is 49.4 Å². The minimum atomic E-state index is -0.629. The Morgan fingerprint density at radius 2 is 1.53 bits per heavy atom. The molecule has 4 nitrogen and oxygen atoms in total. The molecule has 178 valence electrons. The van der Waals surface area contributed by atoms with Gasteiger partial charge in [-0.25, -0.2) is 0 Å². The van der Waals surface area contributed by atoms with E-state index in [4.69, 9.17) is 11.6 Å². The number of carbonyl (C=O) groups is 2. The Hall–Kier alpha value is -2.76. The Labute approximate surface area is 211 Å². The molecule has 0 bridgehead atoms. The number of amides is 2. The van der Waals surface area contributed by atoms with Crippen LogP contribution in [0.15, 0.2) is 89.8 Å². The minimum Gasteiger partial charge on any atom is -0.352 e. The van der Waals surface area contributed by atoms with Crippen LogP contribution in [0, 0.1) is 0 Å². The monoisotopic (exact) mass is 494 g/mol. The van der Waals surface area contributed by atoms with Crippen molar-refractivity contribution >= 4 is 35.2 Å². The van der Waals surface area contributed by atoms with Gasteiger partial charge in [0, 0.05) is 28.9 Å². The van der Waals surface area contributed by atoms with Gasteiger partial charge in [0.05, 0.1) is 5.75 Å². The Kier molecular flexibility index (Phi) is 10.0. The van der Waals surface area contributed by atoms with Crippen LogP contribution in [0.1, 0.15) is 31.4 Å². The Morgan fingerprint density at radius 1 is 0.912 bits per heavy atom. The van der Waals surface area contributed by atoms with Gasteiger partial charge in [-0.3, -0.25) is 9.59 Å². The van der Waals surface area contributed by atoms with E-state index >= 15 is 0 Å². The Balaban J connectivity index is 1.90. The third-order valence-corrected chi connectivity index (χ3v) is 6.89. The van der Waals surface area contributed by atoms with Gasteiger partial charge in [-0.1, -0.05) is 79.2 Å². The summed E-state index contributed by atoms with van der Waals surface area (Å²) in [7, 11) is 0. The fourth-order valence-electron chi connectivity index (χ4n) is 3.53. The van der Waals surface area contributed by atoms with Crippen molar-refractivity contribution in [2.24, 2.45) is 0 Å². The van der Waals surface area contributed by atoms with E-state index in [0.29, 0.717) is 18.0 Å². The van der Waals surface area contributed by atoms with Gasteiger partial charge in [0.25, 0.3) is 0 Å². The SMILES string of the molecule is CCC(C)NC(=O)C(Cc1ccccc1)N(Cc1ccc(Cl)cc1)C(=O)CSc1ccccc1. The lowest BCUT2D eigenvalue weighted by molar-refractivity contribution is -0.139. The van der Waals surface area contributed by atoms with Crippen molar-refractivity contribution in [1.29, 1.82) is 0 Å². The molecule has 0 aliphatic carbocycles. The highest BCUT2D eigenvalue weighted by Crippen LogP contribution is 2.21. The number of thioether (sulfide) groups is 1. The zero-order chi connectivity index (χ0) is 24.3. The zero-order valence-corrected chi connectivity index (χ0v) is 21.2. The molecule has 0 radical (unpaired) electrons. The number of carbonyl (C=O) groups excluding carboxylic acids is 2. The van der Waals surface area contributed by atoms with E-state index in [1.54, 1.807) is 4.90 Å². The van der Waals surface area contributed by atoms with Crippen molar-refractivity contribution in [2.75, 3.05) is 5.75 Å². The summed E-state index contributed by atoms with van der Waals surface area (Å²) in [6.07, 6.45) is 1.26. The first-order valence-corrected chi connectivity index (χ1v) is 12.9. The molecule has 0 aliphatic rings. The largest absolute Gasteiger partial charge is 0.352 e. The Bertz CT molecular complexity index is 1050. The van der Waals surface area contributed by atoms with Gasteiger partial charge in [-0.15, -0.1) is 11.8 Å². The molecule has 3 aromatic carbocycles. The van der Waals surface area contributed by atoms with Crippen LogP contribution in [-0.2, 0) is 22.6 Å². The first kappa shape index (κ1) is 25.9. The van der Waals surface area contributed by atoms with Gasteiger partial charge >= 0.3 is 0 Å². The lowest BCUT2D eigenvalue weighted by Gasteiger charge is -2.32. The molecule has 3 aromatic rings. The number of hydrogen-bond donors (Lipinski definition) is 1. The summed E-state index contributed by atoms with van der Waals surface area (Å²) in [4.78, 5) is 29.8. The predicted octanol–water partition coefficient (Wildman–Crippen LogP) is 5.99. The molecule has 0 saturated heterocycles.